The highest BCUT2D eigenvalue weighted by molar-refractivity contribution is 6.35. The van der Waals surface area contributed by atoms with Gasteiger partial charge in [0.15, 0.2) is 0 Å². The van der Waals surface area contributed by atoms with E-state index in [1.54, 1.807) is 18.2 Å². The van der Waals surface area contributed by atoms with Crippen molar-refractivity contribution in [3.63, 3.8) is 0 Å². The molecule has 0 aliphatic rings. The van der Waals surface area contributed by atoms with Crippen LogP contribution in [-0.2, 0) is 16.1 Å². The number of rotatable bonds is 7. The second-order valence-electron chi connectivity index (χ2n) is 5.35. The Kier molecular flexibility index (Phi) is 6.92. The molecular formula is C18H15Cl2N3O4. The minimum Gasteiger partial charge on any atom is -0.466 e. The zero-order valence-electron chi connectivity index (χ0n) is 14.2. The van der Waals surface area contributed by atoms with Gasteiger partial charge in [0.05, 0.1) is 23.4 Å². The first-order chi connectivity index (χ1) is 12.8. The molecule has 0 saturated carbocycles. The molecule has 0 fully saturated rings. The molecule has 0 amide bonds. The van der Waals surface area contributed by atoms with E-state index < -0.39 is 10.9 Å². The number of nitrogens with one attached hydrogen (secondary N) is 2. The molecule has 2 aromatic carbocycles. The lowest BCUT2D eigenvalue weighted by molar-refractivity contribution is -0.384. The lowest BCUT2D eigenvalue weighted by atomic mass is 10.1. The van der Waals surface area contributed by atoms with Crippen LogP contribution in [0, 0.1) is 15.5 Å². The number of anilines is 1. The van der Waals surface area contributed by atoms with Crippen LogP contribution in [0.2, 0.25) is 10.0 Å². The maximum absolute atomic E-state index is 11.2. The first-order valence-corrected chi connectivity index (χ1v) is 8.38. The SMILES string of the molecule is COC(=O)/C=C/C(=N)c1ccc([N+](=O)[O-])cc1NCc1ccc(Cl)cc1Cl. The summed E-state index contributed by atoms with van der Waals surface area (Å²) in [7, 11) is 1.23. The van der Waals surface area contributed by atoms with Gasteiger partial charge in [-0.3, -0.25) is 10.1 Å². The van der Waals surface area contributed by atoms with Crippen molar-refractivity contribution in [2.24, 2.45) is 0 Å². The summed E-state index contributed by atoms with van der Waals surface area (Å²) in [6, 6.07) is 9.05. The lowest BCUT2D eigenvalue weighted by Gasteiger charge is -2.12. The predicted octanol–water partition coefficient (Wildman–Crippen LogP) is 4.61. The van der Waals surface area contributed by atoms with Gasteiger partial charge in [-0.05, 0) is 29.8 Å². The number of nitrogens with zero attached hydrogens (tertiary/aromatic N) is 1. The van der Waals surface area contributed by atoms with Crippen LogP contribution in [0.5, 0.6) is 0 Å². The molecule has 140 valence electrons. The second-order valence-corrected chi connectivity index (χ2v) is 6.19. The molecule has 2 N–H and O–H groups in total. The summed E-state index contributed by atoms with van der Waals surface area (Å²) in [4.78, 5) is 21.8. The van der Waals surface area contributed by atoms with Crippen LogP contribution in [0.4, 0.5) is 11.4 Å². The monoisotopic (exact) mass is 407 g/mol. The number of allylic oxidation sites excluding steroid dienone is 1. The van der Waals surface area contributed by atoms with Crippen molar-refractivity contribution >= 4 is 46.3 Å². The van der Waals surface area contributed by atoms with E-state index in [-0.39, 0.29) is 17.9 Å². The fraction of sp³-hybridized carbons (Fsp3) is 0.111. The normalized spacial score (nSPS) is 10.6. The van der Waals surface area contributed by atoms with E-state index in [1.165, 1.54) is 31.4 Å². The second kappa shape index (κ2) is 9.16. The van der Waals surface area contributed by atoms with Gasteiger partial charge in [-0.1, -0.05) is 29.3 Å². The molecular weight excluding hydrogens is 393 g/mol. The van der Waals surface area contributed by atoms with Gasteiger partial charge in [0, 0.05) is 40.4 Å². The summed E-state index contributed by atoms with van der Waals surface area (Å²) < 4.78 is 4.49. The minimum atomic E-state index is -0.607. The highest BCUT2D eigenvalue weighted by atomic mass is 35.5. The van der Waals surface area contributed by atoms with Crippen LogP contribution < -0.4 is 5.32 Å². The van der Waals surface area contributed by atoms with Crippen LogP contribution in [0.25, 0.3) is 0 Å². The molecule has 27 heavy (non-hydrogen) atoms. The third-order valence-electron chi connectivity index (χ3n) is 3.58. The largest absolute Gasteiger partial charge is 0.466 e. The molecule has 0 spiro atoms. The molecule has 0 aromatic heterocycles. The molecule has 0 radical (unpaired) electrons. The van der Waals surface area contributed by atoms with Crippen LogP contribution >= 0.6 is 23.2 Å². The van der Waals surface area contributed by atoms with E-state index in [2.05, 4.69) is 10.1 Å². The van der Waals surface area contributed by atoms with E-state index in [0.29, 0.717) is 21.3 Å². The van der Waals surface area contributed by atoms with Crippen molar-refractivity contribution in [3.8, 4) is 0 Å². The maximum atomic E-state index is 11.2. The van der Waals surface area contributed by atoms with Crippen LogP contribution in [-0.4, -0.2) is 23.7 Å². The molecule has 0 saturated heterocycles. The number of carbonyl (C=O) groups is 1. The summed E-state index contributed by atoms with van der Waals surface area (Å²) in [6.45, 7) is 0.262. The Hall–Kier alpha value is -2.90. The Bertz CT molecular complexity index is 929. The summed E-state index contributed by atoms with van der Waals surface area (Å²) in [5.41, 5.74) is 1.32. The van der Waals surface area contributed by atoms with Gasteiger partial charge in [0.25, 0.3) is 5.69 Å². The Morgan fingerprint density at radius 1 is 1.26 bits per heavy atom. The molecule has 2 aromatic rings. The van der Waals surface area contributed by atoms with E-state index in [1.807, 2.05) is 0 Å². The van der Waals surface area contributed by atoms with E-state index in [4.69, 9.17) is 28.6 Å². The van der Waals surface area contributed by atoms with Gasteiger partial charge in [-0.25, -0.2) is 4.79 Å². The van der Waals surface area contributed by atoms with Crippen molar-refractivity contribution in [1.29, 1.82) is 5.41 Å². The van der Waals surface area contributed by atoms with Gasteiger partial charge in [-0.2, -0.15) is 0 Å². The van der Waals surface area contributed by atoms with E-state index in [0.717, 1.165) is 11.6 Å². The average molecular weight is 408 g/mol. The van der Waals surface area contributed by atoms with Gasteiger partial charge in [0.1, 0.15) is 0 Å². The van der Waals surface area contributed by atoms with E-state index >= 15 is 0 Å². The summed E-state index contributed by atoms with van der Waals surface area (Å²) >= 11 is 12.0. The van der Waals surface area contributed by atoms with Crippen molar-refractivity contribution in [2.45, 2.75) is 6.54 Å². The maximum Gasteiger partial charge on any atom is 0.330 e. The molecule has 9 heteroatoms. The van der Waals surface area contributed by atoms with Crippen LogP contribution in [0.15, 0.2) is 48.6 Å². The summed E-state index contributed by atoms with van der Waals surface area (Å²) in [6.07, 6.45) is 2.36. The molecule has 7 nitrogen and oxygen atoms in total. The molecule has 0 aliphatic heterocycles. The Morgan fingerprint density at radius 3 is 2.63 bits per heavy atom. The number of nitro groups is 1. The number of methoxy groups -OCH3 is 1. The van der Waals surface area contributed by atoms with Gasteiger partial charge in [0.2, 0.25) is 0 Å². The quantitative estimate of drug-likeness (QED) is 0.229. The van der Waals surface area contributed by atoms with Crippen molar-refractivity contribution < 1.29 is 14.5 Å². The lowest BCUT2D eigenvalue weighted by Crippen LogP contribution is -2.07. The molecule has 0 unspecified atom stereocenters. The third-order valence-corrected chi connectivity index (χ3v) is 4.16. The van der Waals surface area contributed by atoms with Crippen molar-refractivity contribution in [2.75, 3.05) is 12.4 Å². The average Bonchev–Trinajstić information content (AvgIpc) is 2.64. The van der Waals surface area contributed by atoms with Crippen molar-refractivity contribution in [1.82, 2.24) is 0 Å². The zero-order chi connectivity index (χ0) is 20.0. The standard InChI is InChI=1S/C18H15Cl2N3O4/c1-27-18(24)7-6-16(21)14-5-4-13(23(25)26)9-17(14)22-10-11-2-3-12(19)8-15(11)20/h2-9,21-22H,10H2,1H3/b7-6+,21-16?. The van der Waals surface area contributed by atoms with Crippen LogP contribution in [0.3, 0.4) is 0 Å². The van der Waals surface area contributed by atoms with Gasteiger partial charge in [-0.15, -0.1) is 0 Å². The number of benzene rings is 2. The highest BCUT2D eigenvalue weighted by Crippen LogP contribution is 2.26. The molecule has 2 rings (SSSR count). The van der Waals surface area contributed by atoms with E-state index in [9.17, 15) is 14.9 Å². The minimum absolute atomic E-state index is 0.0139. The fourth-order valence-electron chi connectivity index (χ4n) is 2.19. The highest BCUT2D eigenvalue weighted by Gasteiger charge is 2.13. The number of hydrogen-bond acceptors (Lipinski definition) is 6. The third kappa shape index (κ3) is 5.54. The van der Waals surface area contributed by atoms with Gasteiger partial charge < -0.3 is 15.5 Å². The summed E-state index contributed by atoms with van der Waals surface area (Å²) in [5, 5.41) is 23.2. The Labute approximate surface area is 165 Å². The van der Waals surface area contributed by atoms with Gasteiger partial charge >= 0.3 is 5.97 Å². The number of carbonyl (C=O) groups excluding carboxylic acids is 1. The topological polar surface area (TPSA) is 105 Å². The number of non-ortho nitro benzene ring substituents is 1. The first-order valence-electron chi connectivity index (χ1n) is 7.63. The smallest absolute Gasteiger partial charge is 0.330 e. The van der Waals surface area contributed by atoms with Crippen molar-refractivity contribution in [3.05, 3.63) is 79.8 Å². The molecule has 0 bridgehead atoms. The molecule has 0 heterocycles. The Balaban J connectivity index is 2.32. The summed E-state index contributed by atoms with van der Waals surface area (Å²) in [5.74, 6) is -0.607. The predicted molar refractivity (Wildman–Crippen MR) is 105 cm³/mol. The molecule has 0 aliphatic carbocycles. The number of ether oxygens (including phenoxy) is 1. The zero-order valence-corrected chi connectivity index (χ0v) is 15.7. The first kappa shape index (κ1) is 20.4. The number of hydrogen-bond donors (Lipinski definition) is 2. The number of esters is 1. The number of halogens is 2. The number of nitro benzene ring substituents is 1. The van der Waals surface area contributed by atoms with Crippen LogP contribution in [0.1, 0.15) is 11.1 Å². The molecule has 0 atom stereocenters. The fourth-order valence-corrected chi connectivity index (χ4v) is 2.67. The Morgan fingerprint density at radius 2 is 2.00 bits per heavy atom.